The largest absolute Gasteiger partial charge is 0.440 e. The number of carbonyl (C=O) groups is 1. The van der Waals surface area contributed by atoms with Crippen LogP contribution in [-0.2, 0) is 15.7 Å². The molecule has 172 valence electrons. The van der Waals surface area contributed by atoms with E-state index in [1.807, 2.05) is 6.07 Å². The molecule has 11 heteroatoms. The van der Waals surface area contributed by atoms with Crippen LogP contribution in [0.3, 0.4) is 0 Å². The molecule has 4 rings (SSSR count). The number of rotatable bonds is 6. The summed E-state index contributed by atoms with van der Waals surface area (Å²) in [5, 5.41) is 18.0. The first kappa shape index (κ1) is 22.5. The lowest BCUT2D eigenvalue weighted by Gasteiger charge is -2.13. The van der Waals surface area contributed by atoms with Crippen molar-refractivity contribution in [1.29, 1.82) is 5.26 Å². The van der Waals surface area contributed by atoms with E-state index in [1.165, 1.54) is 12.1 Å². The lowest BCUT2D eigenvalue weighted by molar-refractivity contribution is -0.157. The fraction of sp³-hybridized carbons (Fsp3) is 0.409. The van der Waals surface area contributed by atoms with Gasteiger partial charge in [0.05, 0.1) is 11.5 Å². The molecule has 1 saturated carbocycles. The molecule has 2 aromatic heterocycles. The number of ether oxygens (including phenoxy) is 1. The first-order valence-corrected chi connectivity index (χ1v) is 10.3. The molecule has 0 spiro atoms. The summed E-state index contributed by atoms with van der Waals surface area (Å²) in [6.45, 7) is 4.93. The number of hydrogen-bond donors (Lipinski definition) is 0. The molecule has 1 fully saturated rings. The van der Waals surface area contributed by atoms with E-state index in [1.54, 1.807) is 20.8 Å². The first-order chi connectivity index (χ1) is 15.6. The predicted octanol–water partition coefficient (Wildman–Crippen LogP) is 5.09. The van der Waals surface area contributed by atoms with Crippen molar-refractivity contribution in [2.75, 3.05) is 0 Å². The molecule has 1 aliphatic rings. The second kappa shape index (κ2) is 8.35. The monoisotopic (exact) mass is 459 g/mol. The van der Waals surface area contributed by atoms with E-state index in [0.717, 1.165) is 29.8 Å². The highest BCUT2D eigenvalue weighted by molar-refractivity contribution is 5.71. The summed E-state index contributed by atoms with van der Waals surface area (Å²) in [6, 6.07) is 6.62. The van der Waals surface area contributed by atoms with Crippen LogP contribution in [0.5, 0.6) is 0 Å². The van der Waals surface area contributed by atoms with Crippen molar-refractivity contribution >= 4 is 5.97 Å². The molecule has 0 amide bonds. The molecule has 1 atom stereocenters. The molecule has 0 bridgehead atoms. The van der Waals surface area contributed by atoms with Crippen molar-refractivity contribution < 1.29 is 27.1 Å². The number of oxazole rings is 1. The Balaban J connectivity index is 1.74. The Morgan fingerprint density at radius 3 is 2.58 bits per heavy atom. The molecule has 33 heavy (non-hydrogen) atoms. The van der Waals surface area contributed by atoms with Gasteiger partial charge < -0.3 is 9.15 Å². The van der Waals surface area contributed by atoms with Gasteiger partial charge in [-0.15, -0.1) is 15.0 Å². The molecular weight excluding hydrogens is 439 g/mol. The summed E-state index contributed by atoms with van der Waals surface area (Å²) < 4.78 is 50.6. The zero-order chi connectivity index (χ0) is 23.9. The number of alkyl halides is 3. The highest BCUT2D eigenvalue weighted by atomic mass is 19.4. The number of nitrogens with zero attached hydrogens (tertiary/aromatic N) is 5. The van der Waals surface area contributed by atoms with Crippen LogP contribution in [0.25, 0.3) is 22.8 Å². The highest BCUT2D eigenvalue weighted by Gasteiger charge is 2.35. The van der Waals surface area contributed by atoms with E-state index in [0.29, 0.717) is 5.76 Å². The molecule has 0 N–H and O–H groups in total. The molecule has 8 nitrogen and oxygen atoms in total. The van der Waals surface area contributed by atoms with Crippen LogP contribution in [0.1, 0.15) is 62.8 Å². The van der Waals surface area contributed by atoms with Gasteiger partial charge in [-0.25, -0.2) is 4.98 Å². The zero-order valence-electron chi connectivity index (χ0n) is 18.1. The molecule has 0 radical (unpaired) electrons. The third-order valence-corrected chi connectivity index (χ3v) is 5.08. The van der Waals surface area contributed by atoms with Gasteiger partial charge in [-0.3, -0.25) is 4.79 Å². The fourth-order valence-corrected chi connectivity index (χ4v) is 3.15. The molecule has 2 heterocycles. The van der Waals surface area contributed by atoms with E-state index >= 15 is 0 Å². The van der Waals surface area contributed by atoms with Crippen molar-refractivity contribution in [1.82, 2.24) is 20.0 Å². The van der Waals surface area contributed by atoms with Gasteiger partial charge >= 0.3 is 12.1 Å². The lowest BCUT2D eigenvalue weighted by atomic mass is 10.1. The van der Waals surface area contributed by atoms with Crippen LogP contribution in [-0.4, -0.2) is 25.9 Å². The van der Waals surface area contributed by atoms with Crippen molar-refractivity contribution in [2.24, 2.45) is 5.92 Å². The van der Waals surface area contributed by atoms with E-state index in [-0.39, 0.29) is 40.4 Å². The van der Waals surface area contributed by atoms with E-state index in [9.17, 15) is 23.2 Å². The number of esters is 1. The summed E-state index contributed by atoms with van der Waals surface area (Å²) in [5.41, 5.74) is -0.363. The second-order valence-electron chi connectivity index (χ2n) is 8.11. The minimum absolute atomic E-state index is 0.00396. The van der Waals surface area contributed by atoms with Crippen molar-refractivity contribution in [3.05, 3.63) is 41.3 Å². The SMILES string of the molecule is CC(C)C(=O)OC(C)n1nc(C#N)c(-c2nc(-c3cccc(C(F)(F)F)c3)oc2C2CC2)n1. The molecule has 1 aliphatic carbocycles. The van der Waals surface area contributed by atoms with Crippen molar-refractivity contribution in [2.45, 2.75) is 51.9 Å². The van der Waals surface area contributed by atoms with Crippen LogP contribution in [0, 0.1) is 17.2 Å². The summed E-state index contributed by atoms with van der Waals surface area (Å²) in [7, 11) is 0. The van der Waals surface area contributed by atoms with Gasteiger partial charge in [-0.05, 0) is 38.0 Å². The van der Waals surface area contributed by atoms with Crippen LogP contribution in [0.4, 0.5) is 13.2 Å². The molecule has 3 aromatic rings. The van der Waals surface area contributed by atoms with Crippen LogP contribution >= 0.6 is 0 Å². The molecule has 1 unspecified atom stereocenters. The number of carbonyl (C=O) groups excluding carboxylic acids is 1. The van der Waals surface area contributed by atoms with Crippen molar-refractivity contribution in [3.63, 3.8) is 0 Å². The number of aromatic nitrogens is 4. The maximum Gasteiger partial charge on any atom is 0.416 e. The van der Waals surface area contributed by atoms with Gasteiger partial charge in [0.25, 0.3) is 0 Å². The van der Waals surface area contributed by atoms with Gasteiger partial charge in [-0.2, -0.15) is 18.4 Å². The Labute approximate surface area is 187 Å². The quantitative estimate of drug-likeness (QED) is 0.473. The standard InChI is InChI=1S/C22H20F3N5O3/c1-11(2)21(31)32-12(3)30-28-16(10-26)17(29-30)18-19(13-7-8-13)33-20(27-18)14-5-4-6-15(9-14)22(23,24)25/h4-6,9,11-13H,7-8H2,1-3H3. The Kier molecular flexibility index (Phi) is 5.69. The minimum atomic E-state index is -4.51. The Hall–Kier alpha value is -3.68. The second-order valence-corrected chi connectivity index (χ2v) is 8.11. The van der Waals surface area contributed by atoms with Gasteiger partial charge in [0, 0.05) is 11.5 Å². The Morgan fingerprint density at radius 1 is 1.24 bits per heavy atom. The average Bonchev–Trinajstić information content (AvgIpc) is 3.36. The highest BCUT2D eigenvalue weighted by Crippen LogP contribution is 2.46. The van der Waals surface area contributed by atoms with Crippen LogP contribution in [0.15, 0.2) is 28.7 Å². The maximum absolute atomic E-state index is 13.1. The third-order valence-electron chi connectivity index (χ3n) is 5.08. The average molecular weight is 459 g/mol. The number of nitriles is 1. The summed E-state index contributed by atoms with van der Waals surface area (Å²) in [5.74, 6) is -0.342. The lowest BCUT2D eigenvalue weighted by Crippen LogP contribution is -2.20. The Bertz CT molecular complexity index is 1230. The van der Waals surface area contributed by atoms with Crippen molar-refractivity contribution in [3.8, 4) is 28.9 Å². The van der Waals surface area contributed by atoms with E-state index < -0.39 is 23.9 Å². The van der Waals surface area contributed by atoms with E-state index in [4.69, 9.17) is 9.15 Å². The number of halogens is 3. The fourth-order valence-electron chi connectivity index (χ4n) is 3.15. The minimum Gasteiger partial charge on any atom is -0.440 e. The van der Waals surface area contributed by atoms with E-state index in [2.05, 4.69) is 15.2 Å². The predicted molar refractivity (Wildman–Crippen MR) is 108 cm³/mol. The molecular formula is C22H20F3N5O3. The van der Waals surface area contributed by atoms with Gasteiger partial charge in [0.15, 0.2) is 11.4 Å². The maximum atomic E-state index is 13.1. The molecule has 1 aromatic carbocycles. The molecule has 0 saturated heterocycles. The number of hydrogen-bond acceptors (Lipinski definition) is 7. The first-order valence-electron chi connectivity index (χ1n) is 10.3. The molecule has 0 aliphatic heterocycles. The van der Waals surface area contributed by atoms with Crippen LogP contribution in [0.2, 0.25) is 0 Å². The zero-order valence-corrected chi connectivity index (χ0v) is 18.1. The smallest absolute Gasteiger partial charge is 0.416 e. The summed E-state index contributed by atoms with van der Waals surface area (Å²) >= 11 is 0. The van der Waals surface area contributed by atoms with Gasteiger partial charge in [0.2, 0.25) is 12.1 Å². The topological polar surface area (TPSA) is 107 Å². The third kappa shape index (κ3) is 4.60. The Morgan fingerprint density at radius 2 is 1.97 bits per heavy atom. The van der Waals surface area contributed by atoms with Gasteiger partial charge in [-0.1, -0.05) is 19.9 Å². The normalized spacial score (nSPS) is 14.8. The van der Waals surface area contributed by atoms with Crippen LogP contribution < -0.4 is 0 Å². The van der Waals surface area contributed by atoms with Gasteiger partial charge in [0.1, 0.15) is 17.5 Å². The number of benzene rings is 1. The summed E-state index contributed by atoms with van der Waals surface area (Å²) in [6.07, 6.45) is -3.74. The summed E-state index contributed by atoms with van der Waals surface area (Å²) in [4.78, 5) is 17.4.